The van der Waals surface area contributed by atoms with Gasteiger partial charge in [-0.05, 0) is 45.8 Å². The number of hydrogen-bond donors (Lipinski definition) is 1. The Kier molecular flexibility index (Phi) is 3.63. The van der Waals surface area contributed by atoms with Crippen LogP contribution in [-0.4, -0.2) is 40.7 Å². The van der Waals surface area contributed by atoms with Crippen LogP contribution in [0.2, 0.25) is 0 Å². The predicted octanol–water partition coefficient (Wildman–Crippen LogP) is 2.30. The number of nitrogens with zero attached hydrogens (tertiary/aromatic N) is 1. The minimum Gasteiger partial charge on any atom is -0.301 e. The zero-order valence-corrected chi connectivity index (χ0v) is 11.1. The zero-order chi connectivity index (χ0) is 10.9. The van der Waals surface area contributed by atoms with Crippen molar-refractivity contribution in [1.82, 2.24) is 10.2 Å². The monoisotopic (exact) mass is 228 g/mol. The largest absolute Gasteiger partial charge is 0.301 e. The molecule has 2 aliphatic rings. The van der Waals surface area contributed by atoms with Gasteiger partial charge in [-0.25, -0.2) is 0 Å². The van der Waals surface area contributed by atoms with E-state index in [0.29, 0.717) is 10.9 Å². The van der Waals surface area contributed by atoms with E-state index >= 15 is 0 Å². The molecule has 1 unspecified atom stereocenters. The van der Waals surface area contributed by atoms with Crippen LogP contribution < -0.4 is 5.32 Å². The van der Waals surface area contributed by atoms with E-state index in [4.69, 9.17) is 0 Å². The molecule has 0 bridgehead atoms. The summed E-state index contributed by atoms with van der Waals surface area (Å²) in [6.45, 7) is 9.48. The van der Waals surface area contributed by atoms with E-state index in [9.17, 15) is 0 Å². The van der Waals surface area contributed by atoms with Crippen molar-refractivity contribution in [3.05, 3.63) is 0 Å². The first kappa shape index (κ1) is 11.7. The molecule has 2 fully saturated rings. The lowest BCUT2D eigenvalue weighted by atomic mass is 10.0. The van der Waals surface area contributed by atoms with E-state index < -0.39 is 0 Å². The van der Waals surface area contributed by atoms with Crippen molar-refractivity contribution in [3.8, 4) is 0 Å². The average molecular weight is 228 g/mol. The number of nitrogens with one attached hydrogen (secondary N) is 1. The molecule has 88 valence electrons. The van der Waals surface area contributed by atoms with Crippen molar-refractivity contribution in [1.29, 1.82) is 0 Å². The third kappa shape index (κ3) is 2.69. The van der Waals surface area contributed by atoms with Gasteiger partial charge >= 0.3 is 0 Å². The van der Waals surface area contributed by atoms with Gasteiger partial charge in [0, 0.05) is 25.2 Å². The van der Waals surface area contributed by atoms with Crippen molar-refractivity contribution in [3.63, 3.8) is 0 Å². The first-order chi connectivity index (χ1) is 7.11. The van der Waals surface area contributed by atoms with Crippen LogP contribution in [0.1, 0.15) is 40.0 Å². The fourth-order valence-electron chi connectivity index (χ4n) is 2.68. The number of hydrogen-bond acceptors (Lipinski definition) is 3. The standard InChI is InChI=1S/C12H24N2S/c1-10(2)14-7-5-12(6-8-14)13-11(3)4-9-15-12/h10-11,13H,4-9H2,1-3H3. The Morgan fingerprint density at radius 3 is 2.53 bits per heavy atom. The van der Waals surface area contributed by atoms with Crippen molar-refractivity contribution in [2.45, 2.75) is 57.0 Å². The number of thioether (sulfide) groups is 1. The van der Waals surface area contributed by atoms with Crippen LogP contribution in [-0.2, 0) is 0 Å². The third-order valence-corrected chi connectivity index (χ3v) is 5.29. The summed E-state index contributed by atoms with van der Waals surface area (Å²) < 4.78 is 0. The van der Waals surface area contributed by atoms with Gasteiger partial charge in [-0.3, -0.25) is 0 Å². The highest BCUT2D eigenvalue weighted by Crippen LogP contribution is 2.38. The van der Waals surface area contributed by atoms with Crippen LogP contribution in [0.25, 0.3) is 0 Å². The number of rotatable bonds is 1. The molecule has 3 heteroatoms. The van der Waals surface area contributed by atoms with E-state index in [1.807, 2.05) is 0 Å². The highest BCUT2D eigenvalue weighted by atomic mass is 32.2. The van der Waals surface area contributed by atoms with Gasteiger partial charge in [0.1, 0.15) is 0 Å². The molecule has 2 aliphatic heterocycles. The SMILES string of the molecule is CC1CCSC2(CCN(C(C)C)CC2)N1. The minimum atomic E-state index is 0.420. The third-order valence-electron chi connectivity index (χ3n) is 3.77. The second kappa shape index (κ2) is 4.64. The maximum atomic E-state index is 3.83. The van der Waals surface area contributed by atoms with Crippen LogP contribution in [0, 0.1) is 0 Å². The normalized spacial score (nSPS) is 32.4. The van der Waals surface area contributed by atoms with Gasteiger partial charge in [-0.15, -0.1) is 11.8 Å². The molecule has 2 rings (SSSR count). The summed E-state index contributed by atoms with van der Waals surface area (Å²) in [4.78, 5) is 3.02. The van der Waals surface area contributed by atoms with Crippen LogP contribution in [0.4, 0.5) is 0 Å². The first-order valence-electron chi connectivity index (χ1n) is 6.27. The molecular formula is C12H24N2S. The smallest absolute Gasteiger partial charge is 0.0671 e. The average Bonchev–Trinajstić information content (AvgIpc) is 2.18. The molecule has 0 aromatic rings. The van der Waals surface area contributed by atoms with Gasteiger partial charge in [0.15, 0.2) is 0 Å². The molecule has 1 spiro atoms. The molecule has 2 nitrogen and oxygen atoms in total. The Hall–Kier alpha value is 0.270. The van der Waals surface area contributed by atoms with Crippen LogP contribution >= 0.6 is 11.8 Å². The zero-order valence-electron chi connectivity index (χ0n) is 10.3. The fraction of sp³-hybridized carbons (Fsp3) is 1.00. The molecule has 1 atom stereocenters. The highest BCUT2D eigenvalue weighted by Gasteiger charge is 2.38. The van der Waals surface area contributed by atoms with Crippen molar-refractivity contribution in [2.75, 3.05) is 18.8 Å². The Morgan fingerprint density at radius 2 is 2.00 bits per heavy atom. The topological polar surface area (TPSA) is 15.3 Å². The van der Waals surface area contributed by atoms with E-state index in [1.54, 1.807) is 0 Å². The lowest BCUT2D eigenvalue weighted by Gasteiger charge is -2.47. The summed E-state index contributed by atoms with van der Waals surface area (Å²) >= 11 is 2.17. The van der Waals surface area contributed by atoms with Crippen molar-refractivity contribution >= 4 is 11.8 Å². The second-order valence-corrected chi connectivity index (χ2v) is 6.78. The molecule has 2 heterocycles. The predicted molar refractivity (Wildman–Crippen MR) is 68.3 cm³/mol. The maximum absolute atomic E-state index is 3.83. The maximum Gasteiger partial charge on any atom is 0.0671 e. The summed E-state index contributed by atoms with van der Waals surface area (Å²) in [6.07, 6.45) is 3.97. The van der Waals surface area contributed by atoms with Gasteiger partial charge in [0.05, 0.1) is 4.87 Å². The second-order valence-electron chi connectivity index (χ2n) is 5.31. The lowest BCUT2D eigenvalue weighted by molar-refractivity contribution is 0.142. The van der Waals surface area contributed by atoms with E-state index in [2.05, 4.69) is 42.7 Å². The summed E-state index contributed by atoms with van der Waals surface area (Å²) in [5.74, 6) is 1.34. The first-order valence-corrected chi connectivity index (χ1v) is 7.26. The summed E-state index contributed by atoms with van der Waals surface area (Å²) in [6, 6.07) is 1.44. The van der Waals surface area contributed by atoms with Crippen molar-refractivity contribution < 1.29 is 0 Å². The van der Waals surface area contributed by atoms with Crippen LogP contribution in [0.3, 0.4) is 0 Å². The lowest BCUT2D eigenvalue weighted by Crippen LogP contribution is -2.57. The van der Waals surface area contributed by atoms with Gasteiger partial charge in [0.2, 0.25) is 0 Å². The van der Waals surface area contributed by atoms with Crippen molar-refractivity contribution in [2.24, 2.45) is 0 Å². The summed E-state index contributed by atoms with van der Waals surface area (Å²) in [5.41, 5.74) is 0. The van der Waals surface area contributed by atoms with Gasteiger partial charge in [-0.2, -0.15) is 0 Å². The Labute approximate surface area is 98.2 Å². The van der Waals surface area contributed by atoms with Gasteiger partial charge in [-0.1, -0.05) is 0 Å². The van der Waals surface area contributed by atoms with E-state index in [0.717, 1.165) is 6.04 Å². The minimum absolute atomic E-state index is 0.420. The molecule has 0 radical (unpaired) electrons. The molecule has 1 N–H and O–H groups in total. The fourth-order valence-corrected chi connectivity index (χ4v) is 4.30. The Bertz CT molecular complexity index is 210. The molecular weight excluding hydrogens is 204 g/mol. The number of piperidine rings is 1. The molecule has 0 aliphatic carbocycles. The molecule has 0 amide bonds. The van der Waals surface area contributed by atoms with E-state index in [1.165, 1.54) is 38.1 Å². The summed E-state index contributed by atoms with van der Waals surface area (Å²) in [7, 11) is 0. The van der Waals surface area contributed by atoms with Gasteiger partial charge < -0.3 is 10.2 Å². The molecule has 0 aromatic heterocycles. The van der Waals surface area contributed by atoms with Crippen LogP contribution in [0.15, 0.2) is 0 Å². The Balaban J connectivity index is 1.90. The highest BCUT2D eigenvalue weighted by molar-refractivity contribution is 8.00. The molecule has 0 saturated carbocycles. The molecule has 15 heavy (non-hydrogen) atoms. The quantitative estimate of drug-likeness (QED) is 0.741. The molecule has 0 aromatic carbocycles. The summed E-state index contributed by atoms with van der Waals surface area (Å²) in [5, 5.41) is 3.83. The van der Waals surface area contributed by atoms with Gasteiger partial charge in [0.25, 0.3) is 0 Å². The van der Waals surface area contributed by atoms with Crippen LogP contribution in [0.5, 0.6) is 0 Å². The Morgan fingerprint density at radius 1 is 1.33 bits per heavy atom. The molecule has 2 saturated heterocycles. The van der Waals surface area contributed by atoms with E-state index in [-0.39, 0.29) is 0 Å². The number of likely N-dealkylation sites (tertiary alicyclic amines) is 1.